The summed E-state index contributed by atoms with van der Waals surface area (Å²) >= 11 is 3.55. The standard InChI is InChI=1S/C22H22N8O8S3/c31-13-4-3-12(26-30(13)38)40-8-10-9-41-19-15(18(33)29(19)16(10)20(34)35)24-17(32)14(11-2-1-7-39-11)25-21(36)27-28-6-5-23-22(28)37/h1-4,7,14-15,19,38H,5-6,8-9H2,(H,23,37)(H,24,32)(H,34,35)(H2,25,27,36)/t14?,15-,19?/m0/s1. The molecular weight excluding hydrogens is 600 g/mol. The van der Waals surface area contributed by atoms with Crippen molar-refractivity contribution < 1.29 is 34.3 Å². The van der Waals surface area contributed by atoms with Crippen LogP contribution < -0.4 is 26.9 Å². The number of amides is 6. The number of rotatable bonds is 9. The quantitative estimate of drug-likeness (QED) is 0.117. The van der Waals surface area contributed by atoms with E-state index in [0.717, 1.165) is 27.7 Å². The van der Waals surface area contributed by atoms with Crippen molar-refractivity contribution in [2.24, 2.45) is 0 Å². The van der Waals surface area contributed by atoms with Gasteiger partial charge < -0.3 is 26.3 Å². The van der Waals surface area contributed by atoms with Crippen LogP contribution in [0.2, 0.25) is 0 Å². The number of fused-ring (bicyclic) bond motifs is 1. The molecule has 5 rings (SSSR count). The highest BCUT2D eigenvalue weighted by Crippen LogP contribution is 2.41. The molecule has 41 heavy (non-hydrogen) atoms. The minimum Gasteiger partial charge on any atom is -0.477 e. The number of urea groups is 2. The predicted molar refractivity (Wildman–Crippen MR) is 145 cm³/mol. The van der Waals surface area contributed by atoms with Crippen LogP contribution >= 0.6 is 34.9 Å². The van der Waals surface area contributed by atoms with Crippen LogP contribution in [0.5, 0.6) is 0 Å². The lowest BCUT2D eigenvalue weighted by molar-refractivity contribution is -0.150. The molecule has 0 aromatic carbocycles. The molecule has 6 amide bonds. The molecule has 2 unspecified atom stereocenters. The third-order valence-electron chi connectivity index (χ3n) is 6.16. The molecule has 6 N–H and O–H groups in total. The molecule has 19 heteroatoms. The first-order valence-electron chi connectivity index (χ1n) is 11.9. The molecule has 3 aliphatic rings. The van der Waals surface area contributed by atoms with Gasteiger partial charge in [-0.2, -0.15) is 0 Å². The van der Waals surface area contributed by atoms with Crippen molar-refractivity contribution in [3.8, 4) is 0 Å². The Morgan fingerprint density at radius 3 is 2.68 bits per heavy atom. The fraction of sp³-hybridized carbons (Fsp3) is 0.318. The fourth-order valence-electron chi connectivity index (χ4n) is 4.24. The maximum Gasteiger partial charge on any atom is 0.352 e. The number of hydrogen-bond donors (Lipinski definition) is 6. The molecule has 3 aliphatic heterocycles. The van der Waals surface area contributed by atoms with Gasteiger partial charge in [-0.3, -0.25) is 19.3 Å². The summed E-state index contributed by atoms with van der Waals surface area (Å²) in [6.07, 6.45) is 0. The van der Waals surface area contributed by atoms with E-state index < -0.39 is 52.9 Å². The third-order valence-corrected chi connectivity index (χ3v) is 9.44. The van der Waals surface area contributed by atoms with Gasteiger partial charge in [-0.15, -0.1) is 28.2 Å². The van der Waals surface area contributed by atoms with Crippen molar-refractivity contribution >= 4 is 64.7 Å². The van der Waals surface area contributed by atoms with E-state index in [0.29, 0.717) is 17.0 Å². The van der Waals surface area contributed by atoms with Gasteiger partial charge in [0.1, 0.15) is 28.2 Å². The number of thiophene rings is 1. The van der Waals surface area contributed by atoms with Crippen LogP contribution in [0, 0.1) is 0 Å². The van der Waals surface area contributed by atoms with E-state index in [2.05, 4.69) is 26.5 Å². The summed E-state index contributed by atoms with van der Waals surface area (Å²) < 4.78 is 0. The fourth-order valence-corrected chi connectivity index (χ4v) is 7.35. The van der Waals surface area contributed by atoms with Crippen molar-refractivity contribution in [2.45, 2.75) is 22.5 Å². The minimum absolute atomic E-state index is 0.127. The van der Waals surface area contributed by atoms with E-state index in [9.17, 15) is 39.1 Å². The second kappa shape index (κ2) is 11.7. The molecule has 16 nitrogen and oxygen atoms in total. The highest BCUT2D eigenvalue weighted by Gasteiger charge is 2.54. The molecule has 2 fully saturated rings. The number of carboxylic acid groups (broad SMARTS) is 1. The highest BCUT2D eigenvalue weighted by molar-refractivity contribution is 8.01. The molecule has 3 atom stereocenters. The van der Waals surface area contributed by atoms with Crippen LogP contribution in [0.1, 0.15) is 10.9 Å². The van der Waals surface area contributed by atoms with Gasteiger partial charge in [0.2, 0.25) is 5.91 Å². The first-order chi connectivity index (χ1) is 19.6. The number of hydrogen-bond acceptors (Lipinski definition) is 11. The molecule has 2 aromatic rings. The molecule has 0 saturated carbocycles. The normalized spacial score (nSPS) is 20.6. The highest BCUT2D eigenvalue weighted by atomic mass is 32.2. The number of aromatic nitrogens is 2. The summed E-state index contributed by atoms with van der Waals surface area (Å²) in [7, 11) is 0. The molecule has 2 saturated heterocycles. The number of aliphatic carboxylic acids is 1. The van der Waals surface area contributed by atoms with Gasteiger partial charge in [-0.05, 0) is 23.1 Å². The molecule has 0 radical (unpaired) electrons. The zero-order chi connectivity index (χ0) is 29.3. The number of thioether (sulfide) groups is 2. The second-order valence-corrected chi connectivity index (χ2v) is 11.8. The SMILES string of the molecule is O=C(NC(C(=O)N[C@H]1C(=O)N2C(C(=O)O)=C(CSc3ccc(=O)n(O)n3)CSC12)c1cccs1)NN1CCNC1=O. The van der Waals surface area contributed by atoms with Crippen LogP contribution in [-0.4, -0.2) is 96.0 Å². The summed E-state index contributed by atoms with van der Waals surface area (Å²) in [5.74, 6) is -2.26. The van der Waals surface area contributed by atoms with Gasteiger partial charge in [0.25, 0.3) is 5.91 Å². The van der Waals surface area contributed by atoms with Gasteiger partial charge in [0, 0.05) is 29.0 Å². The zero-order valence-electron chi connectivity index (χ0n) is 20.8. The van der Waals surface area contributed by atoms with Crippen LogP contribution in [0.25, 0.3) is 0 Å². The Bertz CT molecular complexity index is 1500. The minimum atomic E-state index is -1.31. The number of carboxylic acids is 1. The monoisotopic (exact) mass is 622 g/mol. The third kappa shape index (κ3) is 5.81. The van der Waals surface area contributed by atoms with E-state index in [-0.39, 0.29) is 33.6 Å². The molecular formula is C22H22N8O8S3. The van der Waals surface area contributed by atoms with Crippen molar-refractivity contribution in [1.82, 2.24) is 41.2 Å². The number of hydrazine groups is 1. The van der Waals surface area contributed by atoms with Gasteiger partial charge in [0.15, 0.2) is 0 Å². The summed E-state index contributed by atoms with van der Waals surface area (Å²) in [6.45, 7) is 0.603. The maximum atomic E-state index is 13.3. The van der Waals surface area contributed by atoms with Gasteiger partial charge in [0.05, 0.1) is 6.54 Å². The van der Waals surface area contributed by atoms with E-state index in [4.69, 9.17) is 0 Å². The first-order valence-corrected chi connectivity index (χ1v) is 14.8. The van der Waals surface area contributed by atoms with Crippen LogP contribution in [0.15, 0.2) is 50.7 Å². The van der Waals surface area contributed by atoms with Gasteiger partial charge in [-0.25, -0.2) is 24.8 Å². The Labute approximate surface area is 243 Å². The molecule has 0 aliphatic carbocycles. The number of nitrogens with one attached hydrogen (secondary N) is 4. The Hall–Kier alpha value is -4.23. The van der Waals surface area contributed by atoms with E-state index in [1.165, 1.54) is 29.2 Å². The number of carbonyl (C=O) groups is 5. The van der Waals surface area contributed by atoms with Crippen molar-refractivity contribution in [2.75, 3.05) is 24.6 Å². The van der Waals surface area contributed by atoms with Crippen LogP contribution in [0.4, 0.5) is 9.59 Å². The smallest absolute Gasteiger partial charge is 0.352 e. The summed E-state index contributed by atoms with van der Waals surface area (Å²) in [4.78, 5) is 75.9. The second-order valence-electron chi connectivity index (χ2n) is 8.76. The largest absolute Gasteiger partial charge is 0.477 e. The van der Waals surface area contributed by atoms with E-state index in [1.54, 1.807) is 17.5 Å². The molecule has 0 bridgehead atoms. The maximum absolute atomic E-state index is 13.3. The van der Waals surface area contributed by atoms with Crippen molar-refractivity contribution in [1.29, 1.82) is 0 Å². The molecule has 5 heterocycles. The Balaban J connectivity index is 1.26. The van der Waals surface area contributed by atoms with Crippen LogP contribution in [-0.2, 0) is 14.4 Å². The Kier molecular flexibility index (Phi) is 8.08. The lowest BCUT2D eigenvalue weighted by Crippen LogP contribution is -2.71. The summed E-state index contributed by atoms with van der Waals surface area (Å²) in [5.41, 5.74) is 1.88. The Morgan fingerprint density at radius 2 is 2.02 bits per heavy atom. The van der Waals surface area contributed by atoms with Crippen LogP contribution in [0.3, 0.4) is 0 Å². The topological polar surface area (TPSA) is 215 Å². The van der Waals surface area contributed by atoms with Crippen molar-refractivity contribution in [3.05, 3.63) is 56.1 Å². The lowest BCUT2D eigenvalue weighted by atomic mass is 10.0. The average Bonchev–Trinajstić information content (AvgIpc) is 3.62. The molecule has 2 aromatic heterocycles. The number of nitrogens with zero attached hydrogens (tertiary/aromatic N) is 4. The zero-order valence-corrected chi connectivity index (χ0v) is 23.3. The van der Waals surface area contributed by atoms with E-state index >= 15 is 0 Å². The first kappa shape index (κ1) is 28.3. The lowest BCUT2D eigenvalue weighted by Gasteiger charge is -2.49. The summed E-state index contributed by atoms with van der Waals surface area (Å²) in [6, 6.07) is 2.33. The average molecular weight is 623 g/mol. The summed E-state index contributed by atoms with van der Waals surface area (Å²) in [5, 5.41) is 33.1. The molecule has 0 spiro atoms. The number of β-lactam (4-membered cyclic amide) rings is 1. The Morgan fingerprint density at radius 1 is 1.22 bits per heavy atom. The van der Waals surface area contributed by atoms with Gasteiger partial charge >= 0.3 is 23.6 Å². The van der Waals surface area contributed by atoms with Crippen molar-refractivity contribution in [3.63, 3.8) is 0 Å². The molecule has 216 valence electrons. The van der Waals surface area contributed by atoms with E-state index in [1.807, 2.05) is 0 Å². The van der Waals surface area contributed by atoms with Gasteiger partial charge in [-0.1, -0.05) is 22.7 Å². The predicted octanol–water partition coefficient (Wildman–Crippen LogP) is -0.646. The number of carbonyl (C=O) groups excluding carboxylic acids is 4.